The predicted octanol–water partition coefficient (Wildman–Crippen LogP) is 0.716. The highest BCUT2D eigenvalue weighted by Crippen LogP contribution is 2.25. The van der Waals surface area contributed by atoms with Gasteiger partial charge in [-0.05, 0) is 19.1 Å². The van der Waals surface area contributed by atoms with Crippen LogP contribution in [-0.4, -0.2) is 60.6 Å². The number of pyridine rings is 1. The van der Waals surface area contributed by atoms with Gasteiger partial charge in [-0.1, -0.05) is 0 Å². The molecule has 1 saturated heterocycles. The summed E-state index contributed by atoms with van der Waals surface area (Å²) in [6.07, 6.45) is -0.578. The molecule has 0 spiro atoms. The van der Waals surface area contributed by atoms with Crippen molar-refractivity contribution in [3.63, 3.8) is 0 Å². The first-order valence-corrected chi connectivity index (χ1v) is 7.56. The molecule has 2 aromatic heterocycles. The number of carbonyl (C=O) groups is 1. The average molecular weight is 320 g/mol. The molecule has 0 aliphatic carbocycles. The summed E-state index contributed by atoms with van der Waals surface area (Å²) < 4.78 is 11.9. The lowest BCUT2D eigenvalue weighted by Crippen LogP contribution is -2.44. The summed E-state index contributed by atoms with van der Waals surface area (Å²) in [4.78, 5) is 18.1. The van der Waals surface area contributed by atoms with E-state index in [-0.39, 0.29) is 12.6 Å². The number of anilines is 2. The maximum absolute atomic E-state index is 11.6. The molecule has 0 unspecified atom stereocenters. The van der Waals surface area contributed by atoms with E-state index in [1.54, 1.807) is 18.5 Å². The first-order chi connectivity index (χ1) is 11.2. The Bertz CT molecular complexity index is 695. The van der Waals surface area contributed by atoms with E-state index in [1.165, 1.54) is 0 Å². The van der Waals surface area contributed by atoms with Gasteiger partial charge >= 0.3 is 6.09 Å². The van der Waals surface area contributed by atoms with Crippen molar-refractivity contribution in [2.24, 2.45) is 0 Å². The van der Waals surface area contributed by atoms with Gasteiger partial charge < -0.3 is 19.7 Å². The Labute approximate surface area is 133 Å². The largest absolute Gasteiger partial charge is 0.493 e. The summed E-state index contributed by atoms with van der Waals surface area (Å²) in [6.45, 7) is 5.60. The first kappa shape index (κ1) is 15.3. The van der Waals surface area contributed by atoms with E-state index in [2.05, 4.69) is 25.6 Å². The van der Waals surface area contributed by atoms with Crippen molar-refractivity contribution >= 4 is 23.5 Å². The summed E-state index contributed by atoms with van der Waals surface area (Å²) in [6, 6.07) is 3.80. The standard InChI is InChI=1S/C14H20N6O3/c1-3-23-14(21)17-13-16-12-10(22-2)4-5-11(20(12)18-13)19-8-6-15-7-9-19/h4-5,15H,3,6-9H2,1-2H3,(H,17,18,21). The Morgan fingerprint density at radius 1 is 1.39 bits per heavy atom. The highest BCUT2D eigenvalue weighted by atomic mass is 16.5. The summed E-state index contributed by atoms with van der Waals surface area (Å²) >= 11 is 0. The van der Waals surface area contributed by atoms with Crippen LogP contribution in [0.3, 0.4) is 0 Å². The number of nitrogens with one attached hydrogen (secondary N) is 2. The van der Waals surface area contributed by atoms with Gasteiger partial charge in [0, 0.05) is 26.2 Å². The summed E-state index contributed by atoms with van der Waals surface area (Å²) in [5, 5.41) is 10.2. The Morgan fingerprint density at radius 3 is 2.87 bits per heavy atom. The first-order valence-electron chi connectivity index (χ1n) is 7.56. The number of hydrogen-bond donors (Lipinski definition) is 2. The predicted molar refractivity (Wildman–Crippen MR) is 85.3 cm³/mol. The van der Waals surface area contributed by atoms with Gasteiger partial charge in [0.1, 0.15) is 5.82 Å². The van der Waals surface area contributed by atoms with E-state index in [0.717, 1.165) is 32.0 Å². The number of nitrogens with zero attached hydrogens (tertiary/aromatic N) is 4. The Kier molecular flexibility index (Phi) is 4.47. The molecule has 3 heterocycles. The second-order valence-electron chi connectivity index (χ2n) is 5.01. The molecule has 0 aromatic carbocycles. The van der Waals surface area contributed by atoms with Gasteiger partial charge in [-0.15, -0.1) is 5.10 Å². The smallest absolute Gasteiger partial charge is 0.414 e. The van der Waals surface area contributed by atoms with Crippen LogP contribution in [0.25, 0.3) is 5.65 Å². The minimum atomic E-state index is -0.578. The molecule has 2 N–H and O–H groups in total. The topological polar surface area (TPSA) is 93.0 Å². The molecule has 1 fully saturated rings. The van der Waals surface area contributed by atoms with Crippen LogP contribution in [0.2, 0.25) is 0 Å². The molecule has 9 heteroatoms. The SMILES string of the molecule is CCOC(=O)Nc1nc2c(OC)ccc(N3CCNCC3)n2n1. The fourth-order valence-electron chi connectivity index (χ4n) is 2.53. The van der Waals surface area contributed by atoms with Crippen molar-refractivity contribution in [3.8, 4) is 5.75 Å². The fourth-order valence-corrected chi connectivity index (χ4v) is 2.53. The summed E-state index contributed by atoms with van der Waals surface area (Å²) in [5.74, 6) is 1.68. The highest BCUT2D eigenvalue weighted by molar-refractivity contribution is 5.82. The maximum Gasteiger partial charge on any atom is 0.414 e. The lowest BCUT2D eigenvalue weighted by atomic mass is 10.3. The van der Waals surface area contributed by atoms with Gasteiger partial charge in [-0.25, -0.2) is 4.79 Å². The zero-order valence-corrected chi connectivity index (χ0v) is 13.2. The Hall–Kier alpha value is -2.55. The number of methoxy groups -OCH3 is 1. The van der Waals surface area contributed by atoms with Crippen LogP contribution in [0, 0.1) is 0 Å². The molecule has 0 atom stereocenters. The van der Waals surface area contributed by atoms with Gasteiger partial charge in [0.05, 0.1) is 13.7 Å². The molecule has 1 aliphatic rings. The van der Waals surface area contributed by atoms with Gasteiger partial charge in [-0.3, -0.25) is 5.32 Å². The molecule has 0 radical (unpaired) electrons. The van der Waals surface area contributed by atoms with E-state index in [9.17, 15) is 4.79 Å². The molecule has 0 bridgehead atoms. The minimum Gasteiger partial charge on any atom is -0.493 e. The lowest BCUT2D eigenvalue weighted by molar-refractivity contribution is 0.167. The third-order valence-corrected chi connectivity index (χ3v) is 3.58. The van der Waals surface area contributed by atoms with Crippen molar-refractivity contribution in [2.45, 2.75) is 6.92 Å². The van der Waals surface area contributed by atoms with E-state index >= 15 is 0 Å². The molecule has 9 nitrogen and oxygen atoms in total. The van der Waals surface area contributed by atoms with Gasteiger partial charge in [-0.2, -0.15) is 9.50 Å². The van der Waals surface area contributed by atoms with E-state index in [4.69, 9.17) is 9.47 Å². The molecule has 3 rings (SSSR count). The molecule has 2 aromatic rings. The van der Waals surface area contributed by atoms with Gasteiger partial charge in [0.15, 0.2) is 5.75 Å². The van der Waals surface area contributed by atoms with Crippen LogP contribution in [0.15, 0.2) is 12.1 Å². The second-order valence-corrected chi connectivity index (χ2v) is 5.01. The zero-order chi connectivity index (χ0) is 16.2. The number of amides is 1. The average Bonchev–Trinajstić information content (AvgIpc) is 2.98. The Balaban J connectivity index is 1.97. The minimum absolute atomic E-state index is 0.185. The molecule has 124 valence electrons. The van der Waals surface area contributed by atoms with Crippen molar-refractivity contribution in [1.82, 2.24) is 19.9 Å². The lowest BCUT2D eigenvalue weighted by Gasteiger charge is -2.29. The van der Waals surface area contributed by atoms with E-state index in [1.807, 2.05) is 12.1 Å². The van der Waals surface area contributed by atoms with Crippen LogP contribution in [-0.2, 0) is 4.74 Å². The third-order valence-electron chi connectivity index (χ3n) is 3.58. The molecule has 0 saturated carbocycles. The van der Waals surface area contributed by atoms with E-state index in [0.29, 0.717) is 11.4 Å². The summed E-state index contributed by atoms with van der Waals surface area (Å²) in [7, 11) is 1.58. The fraction of sp³-hybridized carbons (Fsp3) is 0.500. The molecule has 1 amide bonds. The maximum atomic E-state index is 11.6. The van der Waals surface area contributed by atoms with Crippen LogP contribution in [0.5, 0.6) is 5.75 Å². The molecule has 23 heavy (non-hydrogen) atoms. The monoisotopic (exact) mass is 320 g/mol. The van der Waals surface area contributed by atoms with Crippen LogP contribution < -0.4 is 20.3 Å². The summed E-state index contributed by atoms with van der Waals surface area (Å²) in [5.41, 5.74) is 0.551. The number of hydrogen-bond acceptors (Lipinski definition) is 7. The molecular weight excluding hydrogens is 300 g/mol. The van der Waals surface area contributed by atoms with Crippen molar-refractivity contribution in [1.29, 1.82) is 0 Å². The number of aromatic nitrogens is 3. The number of rotatable bonds is 4. The van der Waals surface area contributed by atoms with Gasteiger partial charge in [0.25, 0.3) is 5.95 Å². The third kappa shape index (κ3) is 3.14. The van der Waals surface area contributed by atoms with E-state index < -0.39 is 6.09 Å². The number of carbonyl (C=O) groups excluding carboxylic acids is 1. The quantitative estimate of drug-likeness (QED) is 0.857. The van der Waals surface area contributed by atoms with Crippen LogP contribution in [0.4, 0.5) is 16.6 Å². The molecule has 1 aliphatic heterocycles. The normalized spacial score (nSPS) is 14.8. The zero-order valence-electron chi connectivity index (χ0n) is 13.2. The van der Waals surface area contributed by atoms with Crippen molar-refractivity contribution in [3.05, 3.63) is 12.1 Å². The van der Waals surface area contributed by atoms with Crippen molar-refractivity contribution in [2.75, 3.05) is 50.1 Å². The van der Waals surface area contributed by atoms with Crippen LogP contribution in [0.1, 0.15) is 6.92 Å². The number of piperazine rings is 1. The second kappa shape index (κ2) is 6.69. The van der Waals surface area contributed by atoms with Crippen molar-refractivity contribution < 1.29 is 14.3 Å². The van der Waals surface area contributed by atoms with Gasteiger partial charge in [0.2, 0.25) is 5.65 Å². The van der Waals surface area contributed by atoms with Crippen LogP contribution >= 0.6 is 0 Å². The number of fused-ring (bicyclic) bond motifs is 1. The highest BCUT2D eigenvalue weighted by Gasteiger charge is 2.19. The molecular formula is C14H20N6O3. The number of ether oxygens (including phenoxy) is 2. The Morgan fingerprint density at radius 2 is 2.17 bits per heavy atom.